The van der Waals surface area contributed by atoms with Crippen LogP contribution in [0.2, 0.25) is 0 Å². The molecule has 3 N–H and O–H groups in total. The van der Waals surface area contributed by atoms with Crippen molar-refractivity contribution in [2.75, 3.05) is 59.7 Å². The Balaban J connectivity index is 0.00000338. The lowest BCUT2D eigenvalue weighted by Gasteiger charge is -2.26. The first-order valence-corrected chi connectivity index (χ1v) is 8.69. The van der Waals surface area contributed by atoms with Gasteiger partial charge < -0.3 is 25.3 Å². The second-order valence-electron chi connectivity index (χ2n) is 5.74. The summed E-state index contributed by atoms with van der Waals surface area (Å²) in [5.41, 5.74) is 6.84. The van der Waals surface area contributed by atoms with Crippen molar-refractivity contribution in [3.05, 3.63) is 23.9 Å². The quantitative estimate of drug-likeness (QED) is 0.223. The number of pyridine rings is 1. The summed E-state index contributed by atoms with van der Waals surface area (Å²) in [7, 11) is 1.64. The molecule has 0 unspecified atom stereocenters. The molecule has 1 aromatic heterocycles. The predicted molar refractivity (Wildman–Crippen MR) is 112 cm³/mol. The van der Waals surface area contributed by atoms with Gasteiger partial charge in [0.2, 0.25) is 5.88 Å². The van der Waals surface area contributed by atoms with Crippen LogP contribution in [-0.2, 0) is 16.0 Å². The number of hydrogen-bond donors (Lipinski definition) is 2. The highest BCUT2D eigenvalue weighted by Gasteiger charge is 2.09. The second kappa shape index (κ2) is 14.0. The first kappa shape index (κ1) is 22.9. The fourth-order valence-corrected chi connectivity index (χ4v) is 2.47. The van der Waals surface area contributed by atoms with Crippen molar-refractivity contribution >= 4 is 29.9 Å². The molecule has 2 heterocycles. The molecule has 0 aromatic carbocycles. The molecule has 0 radical (unpaired) electrons. The maximum absolute atomic E-state index is 5.94. The zero-order valence-electron chi connectivity index (χ0n) is 15.4. The Morgan fingerprint density at radius 1 is 1.38 bits per heavy atom. The number of methoxy groups -OCH3 is 1. The number of guanidine groups is 1. The fourth-order valence-electron chi connectivity index (χ4n) is 2.47. The van der Waals surface area contributed by atoms with E-state index in [0.717, 1.165) is 51.4 Å². The van der Waals surface area contributed by atoms with Gasteiger partial charge in [-0.25, -0.2) is 9.98 Å². The fraction of sp³-hybridized carbons (Fsp3) is 0.647. The van der Waals surface area contributed by atoms with Crippen LogP contribution in [0.25, 0.3) is 0 Å². The van der Waals surface area contributed by atoms with Crippen LogP contribution in [-0.4, -0.2) is 75.6 Å². The van der Waals surface area contributed by atoms with E-state index in [1.54, 1.807) is 13.3 Å². The minimum absolute atomic E-state index is 0. The van der Waals surface area contributed by atoms with E-state index in [0.29, 0.717) is 31.6 Å². The van der Waals surface area contributed by atoms with Crippen molar-refractivity contribution in [3.63, 3.8) is 0 Å². The Morgan fingerprint density at radius 3 is 2.96 bits per heavy atom. The number of nitrogens with zero attached hydrogens (tertiary/aromatic N) is 3. The van der Waals surface area contributed by atoms with Crippen molar-refractivity contribution in [2.45, 2.75) is 13.0 Å². The first-order valence-electron chi connectivity index (χ1n) is 8.69. The molecule has 0 atom stereocenters. The van der Waals surface area contributed by atoms with Gasteiger partial charge in [-0.3, -0.25) is 4.90 Å². The average molecular weight is 479 g/mol. The molecule has 9 heteroatoms. The smallest absolute Gasteiger partial charge is 0.218 e. The molecule has 2 rings (SSSR count). The van der Waals surface area contributed by atoms with E-state index >= 15 is 0 Å². The Hall–Kier alpha value is -1.17. The standard InChI is InChI=1S/C17H29N5O3.HI/c1-23-12-13-25-16-15(4-2-5-19-16)14-21-17(18)20-6-3-7-22-8-10-24-11-9-22;/h2,4-5H,3,6-14H2,1H3,(H3,18,20,21);1H. The summed E-state index contributed by atoms with van der Waals surface area (Å²) >= 11 is 0. The number of nitrogens with one attached hydrogen (secondary N) is 1. The van der Waals surface area contributed by atoms with Gasteiger partial charge in [0, 0.05) is 38.5 Å². The van der Waals surface area contributed by atoms with Gasteiger partial charge in [-0.15, -0.1) is 24.0 Å². The summed E-state index contributed by atoms with van der Waals surface area (Å²) in [6, 6.07) is 3.80. The summed E-state index contributed by atoms with van der Waals surface area (Å²) in [4.78, 5) is 11.0. The minimum atomic E-state index is 0. The van der Waals surface area contributed by atoms with E-state index in [1.807, 2.05) is 12.1 Å². The molecular formula is C17H30IN5O3. The molecule has 1 aliphatic rings. The number of morpholine rings is 1. The molecule has 0 saturated carbocycles. The molecule has 0 aliphatic carbocycles. The maximum atomic E-state index is 5.94. The largest absolute Gasteiger partial charge is 0.475 e. The van der Waals surface area contributed by atoms with Crippen LogP contribution < -0.4 is 15.8 Å². The number of ether oxygens (including phenoxy) is 3. The van der Waals surface area contributed by atoms with Gasteiger partial charge in [0.15, 0.2) is 5.96 Å². The first-order chi connectivity index (χ1) is 12.3. The summed E-state index contributed by atoms with van der Waals surface area (Å²) < 4.78 is 15.9. The highest BCUT2D eigenvalue weighted by Crippen LogP contribution is 2.15. The summed E-state index contributed by atoms with van der Waals surface area (Å²) in [6.45, 7) is 6.94. The lowest BCUT2D eigenvalue weighted by molar-refractivity contribution is 0.0376. The number of hydrogen-bond acceptors (Lipinski definition) is 6. The van der Waals surface area contributed by atoms with E-state index in [9.17, 15) is 0 Å². The van der Waals surface area contributed by atoms with Crippen LogP contribution in [0.15, 0.2) is 23.3 Å². The Bertz CT molecular complexity index is 527. The normalized spacial score (nSPS) is 15.3. The minimum Gasteiger partial charge on any atom is -0.475 e. The van der Waals surface area contributed by atoms with Gasteiger partial charge in [0.25, 0.3) is 0 Å². The SMILES string of the molecule is COCCOc1ncccc1CN=C(N)NCCCN1CCOCC1.I. The lowest BCUT2D eigenvalue weighted by Crippen LogP contribution is -2.39. The van der Waals surface area contributed by atoms with E-state index in [4.69, 9.17) is 19.9 Å². The molecule has 0 amide bonds. The molecule has 0 spiro atoms. The molecule has 0 bridgehead atoms. The van der Waals surface area contributed by atoms with Crippen molar-refractivity contribution in [1.82, 2.24) is 15.2 Å². The van der Waals surface area contributed by atoms with E-state index in [-0.39, 0.29) is 24.0 Å². The molecule has 26 heavy (non-hydrogen) atoms. The van der Waals surface area contributed by atoms with Crippen LogP contribution in [0.1, 0.15) is 12.0 Å². The maximum Gasteiger partial charge on any atom is 0.218 e. The molecule has 148 valence electrons. The van der Waals surface area contributed by atoms with E-state index in [1.165, 1.54) is 0 Å². The van der Waals surface area contributed by atoms with Gasteiger partial charge in [-0.1, -0.05) is 6.07 Å². The third-order valence-corrected chi connectivity index (χ3v) is 3.86. The molecule has 1 saturated heterocycles. The van der Waals surface area contributed by atoms with Crippen molar-refractivity contribution < 1.29 is 14.2 Å². The van der Waals surface area contributed by atoms with Crippen LogP contribution in [0.4, 0.5) is 0 Å². The zero-order chi connectivity index (χ0) is 17.7. The van der Waals surface area contributed by atoms with Gasteiger partial charge in [-0.2, -0.15) is 0 Å². The predicted octanol–water partition coefficient (Wildman–Crippen LogP) is 0.851. The Labute approximate surface area is 172 Å². The number of aromatic nitrogens is 1. The lowest BCUT2D eigenvalue weighted by atomic mass is 10.3. The van der Waals surface area contributed by atoms with Crippen LogP contribution in [0.3, 0.4) is 0 Å². The Morgan fingerprint density at radius 2 is 2.19 bits per heavy atom. The van der Waals surface area contributed by atoms with Crippen LogP contribution in [0, 0.1) is 0 Å². The summed E-state index contributed by atoms with van der Waals surface area (Å²) in [5.74, 6) is 1.01. The summed E-state index contributed by atoms with van der Waals surface area (Å²) in [5, 5.41) is 3.15. The molecule has 8 nitrogen and oxygen atoms in total. The number of aliphatic imine (C=N–C) groups is 1. The number of rotatable bonds is 10. The summed E-state index contributed by atoms with van der Waals surface area (Å²) in [6.07, 6.45) is 2.72. The third kappa shape index (κ3) is 8.97. The highest BCUT2D eigenvalue weighted by molar-refractivity contribution is 14.0. The van der Waals surface area contributed by atoms with Gasteiger partial charge >= 0.3 is 0 Å². The van der Waals surface area contributed by atoms with Gasteiger partial charge in [0.1, 0.15) is 6.61 Å². The topological polar surface area (TPSA) is 94.2 Å². The van der Waals surface area contributed by atoms with Crippen LogP contribution >= 0.6 is 24.0 Å². The van der Waals surface area contributed by atoms with E-state index in [2.05, 4.69) is 20.2 Å². The Kier molecular flexibility index (Phi) is 12.3. The van der Waals surface area contributed by atoms with Gasteiger partial charge in [-0.05, 0) is 19.0 Å². The third-order valence-electron chi connectivity index (χ3n) is 3.86. The average Bonchev–Trinajstić information content (AvgIpc) is 2.65. The van der Waals surface area contributed by atoms with Crippen molar-refractivity contribution in [2.24, 2.45) is 10.7 Å². The monoisotopic (exact) mass is 479 g/mol. The van der Waals surface area contributed by atoms with Crippen molar-refractivity contribution in [1.29, 1.82) is 0 Å². The van der Waals surface area contributed by atoms with Crippen LogP contribution in [0.5, 0.6) is 5.88 Å². The molecule has 1 fully saturated rings. The highest BCUT2D eigenvalue weighted by atomic mass is 127. The molecule has 1 aliphatic heterocycles. The van der Waals surface area contributed by atoms with E-state index < -0.39 is 0 Å². The molecular weight excluding hydrogens is 449 g/mol. The zero-order valence-corrected chi connectivity index (χ0v) is 17.7. The van der Waals surface area contributed by atoms with Crippen molar-refractivity contribution in [3.8, 4) is 5.88 Å². The van der Waals surface area contributed by atoms with Gasteiger partial charge in [0.05, 0.1) is 26.4 Å². The number of halogens is 1. The second-order valence-corrected chi connectivity index (χ2v) is 5.74. The molecule has 1 aromatic rings. The number of nitrogens with two attached hydrogens (primary N) is 1.